The molecule has 0 radical (unpaired) electrons. The third-order valence-electron chi connectivity index (χ3n) is 3.91. The molecule has 0 aliphatic carbocycles. The predicted molar refractivity (Wildman–Crippen MR) is 77.3 cm³/mol. The van der Waals surface area contributed by atoms with Crippen molar-refractivity contribution >= 4 is 11.9 Å². The molecule has 1 unspecified atom stereocenters. The zero-order valence-electron chi connectivity index (χ0n) is 12.5. The largest absolute Gasteiger partial charge is 0.457 e. The maximum absolute atomic E-state index is 12.2. The Labute approximate surface area is 128 Å². The summed E-state index contributed by atoms with van der Waals surface area (Å²) in [5.41, 5.74) is 1.37. The van der Waals surface area contributed by atoms with Gasteiger partial charge in [0, 0.05) is 12.8 Å². The quantitative estimate of drug-likeness (QED) is 0.803. The number of hydrogen-bond acceptors (Lipinski definition) is 5. The van der Waals surface area contributed by atoms with Crippen LogP contribution in [-0.4, -0.2) is 17.7 Å². The van der Waals surface area contributed by atoms with Gasteiger partial charge in [0.15, 0.2) is 0 Å². The van der Waals surface area contributed by atoms with Gasteiger partial charge < -0.3 is 14.2 Å². The molecule has 0 saturated carbocycles. The first kappa shape index (κ1) is 14.6. The molecule has 2 aliphatic heterocycles. The van der Waals surface area contributed by atoms with E-state index in [-0.39, 0.29) is 19.0 Å². The lowest BCUT2D eigenvalue weighted by Gasteiger charge is -2.32. The summed E-state index contributed by atoms with van der Waals surface area (Å²) in [4.78, 5) is 23.7. The Morgan fingerprint density at radius 1 is 1.27 bits per heavy atom. The number of carbonyl (C=O) groups is 2. The van der Waals surface area contributed by atoms with Crippen LogP contribution in [0.3, 0.4) is 0 Å². The zero-order valence-corrected chi connectivity index (χ0v) is 12.5. The second-order valence-electron chi connectivity index (χ2n) is 5.61. The van der Waals surface area contributed by atoms with E-state index in [1.54, 1.807) is 6.92 Å². The number of rotatable bonds is 3. The van der Waals surface area contributed by atoms with Crippen molar-refractivity contribution in [2.45, 2.75) is 45.0 Å². The highest BCUT2D eigenvalue weighted by Gasteiger charge is 2.47. The van der Waals surface area contributed by atoms with Crippen LogP contribution in [0.1, 0.15) is 38.2 Å². The first-order valence-electron chi connectivity index (χ1n) is 7.40. The highest BCUT2D eigenvalue weighted by molar-refractivity contribution is 5.89. The summed E-state index contributed by atoms with van der Waals surface area (Å²) in [6, 6.07) is 9.48. The minimum atomic E-state index is -0.999. The molecule has 3 rings (SSSR count). The van der Waals surface area contributed by atoms with E-state index in [0.717, 1.165) is 5.56 Å². The van der Waals surface area contributed by atoms with E-state index in [0.29, 0.717) is 30.6 Å². The van der Waals surface area contributed by atoms with E-state index in [4.69, 9.17) is 14.2 Å². The fraction of sp³-hybridized carbons (Fsp3) is 0.412. The fourth-order valence-electron chi connectivity index (χ4n) is 2.80. The molecule has 5 heteroatoms. The van der Waals surface area contributed by atoms with E-state index >= 15 is 0 Å². The molecule has 1 atom stereocenters. The van der Waals surface area contributed by atoms with Crippen LogP contribution in [0, 0.1) is 0 Å². The van der Waals surface area contributed by atoms with Crippen LogP contribution in [-0.2, 0) is 30.4 Å². The van der Waals surface area contributed by atoms with Crippen LogP contribution in [0.25, 0.3) is 0 Å². The number of allylic oxidation sites excluding steroid dienone is 1. The fourth-order valence-corrected chi connectivity index (χ4v) is 2.80. The SMILES string of the molecule is CC1=C(C(=O)OCc2ccccc2)CC2(CCCC(=O)O2)O1. The highest BCUT2D eigenvalue weighted by atomic mass is 16.7. The van der Waals surface area contributed by atoms with Gasteiger partial charge in [-0.1, -0.05) is 30.3 Å². The van der Waals surface area contributed by atoms with Crippen LogP contribution >= 0.6 is 0 Å². The van der Waals surface area contributed by atoms with Gasteiger partial charge in [-0.15, -0.1) is 0 Å². The molecule has 1 spiro atoms. The predicted octanol–water partition coefficient (Wildman–Crippen LogP) is 2.85. The van der Waals surface area contributed by atoms with Crippen molar-refractivity contribution in [2.75, 3.05) is 0 Å². The maximum Gasteiger partial charge on any atom is 0.338 e. The average molecular weight is 302 g/mol. The third kappa shape index (κ3) is 2.98. The summed E-state index contributed by atoms with van der Waals surface area (Å²) in [5.74, 6) is -1.22. The van der Waals surface area contributed by atoms with Crippen LogP contribution in [0.2, 0.25) is 0 Å². The van der Waals surface area contributed by atoms with Gasteiger partial charge in [-0.2, -0.15) is 0 Å². The van der Waals surface area contributed by atoms with Gasteiger partial charge in [-0.25, -0.2) is 4.79 Å². The number of esters is 2. The number of ether oxygens (including phenoxy) is 3. The summed E-state index contributed by atoms with van der Waals surface area (Å²) in [5, 5.41) is 0. The van der Waals surface area contributed by atoms with E-state index in [9.17, 15) is 9.59 Å². The van der Waals surface area contributed by atoms with Gasteiger partial charge in [0.2, 0.25) is 0 Å². The molecule has 1 aromatic carbocycles. The van der Waals surface area contributed by atoms with Crippen LogP contribution in [0.15, 0.2) is 41.7 Å². The minimum Gasteiger partial charge on any atom is -0.457 e. The molecule has 0 N–H and O–H groups in total. The Bertz CT molecular complexity index is 619. The lowest BCUT2D eigenvalue weighted by molar-refractivity contribution is -0.221. The van der Waals surface area contributed by atoms with Crippen molar-refractivity contribution in [3.8, 4) is 0 Å². The Morgan fingerprint density at radius 3 is 2.77 bits per heavy atom. The molecule has 22 heavy (non-hydrogen) atoms. The maximum atomic E-state index is 12.2. The van der Waals surface area contributed by atoms with Gasteiger partial charge in [0.25, 0.3) is 5.79 Å². The minimum absolute atomic E-state index is 0.212. The second kappa shape index (κ2) is 5.83. The molecule has 5 nitrogen and oxygen atoms in total. The van der Waals surface area contributed by atoms with Crippen molar-refractivity contribution in [2.24, 2.45) is 0 Å². The lowest BCUT2D eigenvalue weighted by Crippen LogP contribution is -2.38. The normalized spacial score (nSPS) is 24.1. The monoisotopic (exact) mass is 302 g/mol. The molecule has 116 valence electrons. The van der Waals surface area contributed by atoms with Gasteiger partial charge in [0.1, 0.15) is 12.4 Å². The third-order valence-corrected chi connectivity index (χ3v) is 3.91. The van der Waals surface area contributed by atoms with E-state index in [2.05, 4.69) is 0 Å². The Hall–Kier alpha value is -2.30. The van der Waals surface area contributed by atoms with E-state index < -0.39 is 11.8 Å². The topological polar surface area (TPSA) is 61.8 Å². The Morgan fingerprint density at radius 2 is 2.05 bits per heavy atom. The van der Waals surface area contributed by atoms with Crippen LogP contribution in [0.5, 0.6) is 0 Å². The number of hydrogen-bond donors (Lipinski definition) is 0. The van der Waals surface area contributed by atoms with Gasteiger partial charge in [0.05, 0.1) is 12.0 Å². The summed E-state index contributed by atoms with van der Waals surface area (Å²) in [6.45, 7) is 1.92. The molecule has 2 aliphatic rings. The number of carbonyl (C=O) groups excluding carboxylic acids is 2. The smallest absolute Gasteiger partial charge is 0.338 e. The van der Waals surface area contributed by atoms with Gasteiger partial charge in [-0.05, 0) is 18.9 Å². The molecule has 2 heterocycles. The van der Waals surface area contributed by atoms with Crippen molar-refractivity contribution in [1.82, 2.24) is 0 Å². The van der Waals surface area contributed by atoms with Crippen molar-refractivity contribution in [1.29, 1.82) is 0 Å². The molecular formula is C17H18O5. The first-order chi connectivity index (χ1) is 10.6. The van der Waals surface area contributed by atoms with E-state index in [1.165, 1.54) is 0 Å². The van der Waals surface area contributed by atoms with Crippen molar-refractivity contribution < 1.29 is 23.8 Å². The zero-order chi connectivity index (χ0) is 15.6. The summed E-state index contributed by atoms with van der Waals surface area (Å²) in [7, 11) is 0. The van der Waals surface area contributed by atoms with Gasteiger partial charge >= 0.3 is 11.9 Å². The number of benzene rings is 1. The summed E-state index contributed by atoms with van der Waals surface area (Å²) in [6.07, 6.45) is 1.97. The molecule has 1 saturated heterocycles. The van der Waals surface area contributed by atoms with Crippen LogP contribution in [0.4, 0.5) is 0 Å². The summed E-state index contributed by atoms with van der Waals surface area (Å²) >= 11 is 0. The lowest BCUT2D eigenvalue weighted by atomic mass is 9.99. The van der Waals surface area contributed by atoms with Crippen LogP contribution < -0.4 is 0 Å². The molecule has 0 bridgehead atoms. The van der Waals surface area contributed by atoms with Crippen molar-refractivity contribution in [3.63, 3.8) is 0 Å². The second-order valence-corrected chi connectivity index (χ2v) is 5.61. The average Bonchev–Trinajstić information content (AvgIpc) is 2.81. The molecule has 1 fully saturated rings. The first-order valence-corrected chi connectivity index (χ1v) is 7.40. The Balaban J connectivity index is 1.63. The Kier molecular flexibility index (Phi) is 3.88. The molecular weight excluding hydrogens is 284 g/mol. The highest BCUT2D eigenvalue weighted by Crippen LogP contribution is 2.41. The van der Waals surface area contributed by atoms with E-state index in [1.807, 2.05) is 30.3 Å². The molecule has 1 aromatic rings. The van der Waals surface area contributed by atoms with Crippen molar-refractivity contribution in [3.05, 3.63) is 47.2 Å². The standard InChI is InChI=1S/C17H18O5/c1-12-14(10-17(21-12)9-5-8-15(18)22-17)16(19)20-11-13-6-3-2-4-7-13/h2-4,6-7H,5,8-11H2,1H3. The van der Waals surface area contributed by atoms with Gasteiger partial charge in [-0.3, -0.25) is 4.79 Å². The molecule has 0 amide bonds. The molecule has 0 aromatic heterocycles. The summed E-state index contributed by atoms with van der Waals surface area (Å²) < 4.78 is 16.3.